The van der Waals surface area contributed by atoms with Crippen LogP contribution in [-0.2, 0) is 38.0 Å². The van der Waals surface area contributed by atoms with Gasteiger partial charge in [0.15, 0.2) is 12.6 Å². The van der Waals surface area contributed by atoms with Gasteiger partial charge in [0.2, 0.25) is 0 Å². The quantitative estimate of drug-likeness (QED) is 0.238. The number of ether oxygens (including phenoxy) is 6. The number of ketones is 1. The highest BCUT2D eigenvalue weighted by atomic mass is 16.7. The standard InChI is InChI=1S/C37H67NO13/c1-14-25-37(10,45)30(41)20(4)27(39)18(2)16-35(8,44)32(51-34-28(40)24(38(11)12)15-19(3)47-34)21(5)29(22(6)33(43)49-25)50-26-17-36(9,46-13)31(42)23(7)48-26/h18-26,28-32,34,40-42,44-45H,14-17H2,1-13H3/t18-,19-,20?,21+,22-,23+,24+,25-,26+,28-,29+,30-,31+,32-,34+,35+,36-,37-/m1/s1. The normalized spacial score (nSPS) is 49.7. The van der Waals surface area contributed by atoms with E-state index in [4.69, 9.17) is 28.4 Å². The maximum absolute atomic E-state index is 14.1. The molecule has 0 aromatic heterocycles. The van der Waals surface area contributed by atoms with Crippen LogP contribution in [0.2, 0.25) is 0 Å². The molecule has 3 rings (SSSR count). The first-order valence-corrected chi connectivity index (χ1v) is 18.5. The van der Waals surface area contributed by atoms with E-state index in [0.717, 1.165) is 0 Å². The average Bonchev–Trinajstić information content (AvgIpc) is 3.05. The fraction of sp³-hybridized carbons (Fsp3) is 0.946. The molecular formula is C37H67NO13. The lowest BCUT2D eigenvalue weighted by atomic mass is 9.74. The minimum Gasteiger partial charge on any atom is -0.459 e. The van der Waals surface area contributed by atoms with Gasteiger partial charge in [-0.05, 0) is 74.9 Å². The summed E-state index contributed by atoms with van der Waals surface area (Å²) >= 11 is 0. The summed E-state index contributed by atoms with van der Waals surface area (Å²) in [5.41, 5.74) is -4.84. The molecule has 3 fully saturated rings. The minimum absolute atomic E-state index is 0.0936. The van der Waals surface area contributed by atoms with Crippen molar-refractivity contribution < 1.29 is 63.5 Å². The van der Waals surface area contributed by atoms with Crippen molar-refractivity contribution in [3.63, 3.8) is 0 Å². The van der Waals surface area contributed by atoms with E-state index in [0.29, 0.717) is 6.42 Å². The molecule has 1 unspecified atom stereocenters. The van der Waals surface area contributed by atoms with Crippen LogP contribution in [0.5, 0.6) is 0 Å². The number of likely N-dealkylation sites (N-methyl/N-ethyl adjacent to an activating group) is 1. The van der Waals surface area contributed by atoms with Crippen LogP contribution >= 0.6 is 0 Å². The van der Waals surface area contributed by atoms with Crippen molar-refractivity contribution >= 4 is 11.8 Å². The minimum atomic E-state index is -1.99. The summed E-state index contributed by atoms with van der Waals surface area (Å²) in [5.74, 6) is -4.98. The first-order valence-electron chi connectivity index (χ1n) is 18.5. The van der Waals surface area contributed by atoms with Crippen LogP contribution in [0.15, 0.2) is 0 Å². The van der Waals surface area contributed by atoms with E-state index in [9.17, 15) is 35.1 Å². The molecule has 0 aromatic rings. The molecule has 51 heavy (non-hydrogen) atoms. The van der Waals surface area contributed by atoms with Crippen molar-refractivity contribution in [2.24, 2.45) is 23.7 Å². The van der Waals surface area contributed by atoms with Gasteiger partial charge < -0.3 is 58.9 Å². The number of carbonyl (C=O) groups is 2. The molecular weight excluding hydrogens is 666 g/mol. The van der Waals surface area contributed by atoms with Crippen LogP contribution in [0.4, 0.5) is 0 Å². The number of nitrogens with zero attached hydrogens (tertiary/aromatic N) is 1. The fourth-order valence-electron chi connectivity index (χ4n) is 8.41. The van der Waals surface area contributed by atoms with Gasteiger partial charge in [0.1, 0.15) is 29.7 Å². The van der Waals surface area contributed by atoms with Gasteiger partial charge in [0.05, 0.1) is 47.6 Å². The van der Waals surface area contributed by atoms with Crippen molar-refractivity contribution in [1.29, 1.82) is 0 Å². The summed E-state index contributed by atoms with van der Waals surface area (Å²) in [6.45, 7) is 16.3. The lowest BCUT2D eigenvalue weighted by Crippen LogP contribution is -2.61. The number of Topliss-reactive ketones (excluding diaryl/α,β-unsaturated/α-hetero) is 1. The second-order valence-corrected chi connectivity index (χ2v) is 16.5. The molecule has 0 aromatic carbocycles. The molecule has 0 amide bonds. The van der Waals surface area contributed by atoms with Crippen LogP contribution in [-0.4, -0.2) is 148 Å². The Kier molecular flexibility index (Phi) is 14.7. The van der Waals surface area contributed by atoms with Gasteiger partial charge >= 0.3 is 5.97 Å². The molecule has 18 atom stereocenters. The summed E-state index contributed by atoms with van der Waals surface area (Å²) in [7, 11) is 5.18. The largest absolute Gasteiger partial charge is 0.459 e. The van der Waals surface area contributed by atoms with Crippen molar-refractivity contribution in [3.8, 4) is 0 Å². The molecule has 0 aliphatic carbocycles. The first-order chi connectivity index (χ1) is 23.4. The predicted molar refractivity (Wildman–Crippen MR) is 186 cm³/mol. The monoisotopic (exact) mass is 733 g/mol. The van der Waals surface area contributed by atoms with Crippen LogP contribution in [0.25, 0.3) is 0 Å². The van der Waals surface area contributed by atoms with E-state index < -0.39 is 108 Å². The van der Waals surface area contributed by atoms with Crippen LogP contribution < -0.4 is 0 Å². The summed E-state index contributed by atoms with van der Waals surface area (Å²) in [5, 5.41) is 57.6. The predicted octanol–water partition coefficient (Wildman–Crippen LogP) is 1.79. The highest BCUT2D eigenvalue weighted by molar-refractivity contribution is 5.83. The molecule has 0 saturated carbocycles. The van der Waals surface area contributed by atoms with E-state index in [1.54, 1.807) is 41.5 Å². The van der Waals surface area contributed by atoms with Crippen LogP contribution in [0.1, 0.15) is 94.9 Å². The van der Waals surface area contributed by atoms with E-state index in [2.05, 4.69) is 0 Å². The third-order valence-electron chi connectivity index (χ3n) is 11.8. The van der Waals surface area contributed by atoms with Gasteiger partial charge in [-0.25, -0.2) is 0 Å². The number of hydrogen-bond donors (Lipinski definition) is 5. The number of rotatable bonds is 7. The summed E-state index contributed by atoms with van der Waals surface area (Å²) in [4.78, 5) is 29.8. The maximum Gasteiger partial charge on any atom is 0.311 e. The van der Waals surface area contributed by atoms with Crippen LogP contribution in [0.3, 0.4) is 0 Å². The summed E-state index contributed by atoms with van der Waals surface area (Å²) < 4.78 is 37.1. The van der Waals surface area contributed by atoms with Crippen molar-refractivity contribution in [2.75, 3.05) is 21.2 Å². The number of aliphatic hydroxyl groups excluding tert-OH is 3. The van der Waals surface area contributed by atoms with Gasteiger partial charge in [-0.1, -0.05) is 27.7 Å². The zero-order valence-corrected chi connectivity index (χ0v) is 32.9. The Morgan fingerprint density at radius 3 is 2.04 bits per heavy atom. The molecule has 3 aliphatic rings. The summed E-state index contributed by atoms with van der Waals surface area (Å²) in [6.07, 6.45) is -9.71. The lowest BCUT2D eigenvalue weighted by molar-refractivity contribution is -0.318. The molecule has 0 radical (unpaired) electrons. The average molecular weight is 734 g/mol. The molecule has 0 spiro atoms. The van der Waals surface area contributed by atoms with Crippen molar-refractivity contribution in [1.82, 2.24) is 4.90 Å². The Bertz CT molecular complexity index is 1170. The van der Waals surface area contributed by atoms with Crippen molar-refractivity contribution in [3.05, 3.63) is 0 Å². The molecule has 3 heterocycles. The number of carbonyl (C=O) groups excluding carboxylic acids is 2. The number of hydrogen-bond acceptors (Lipinski definition) is 14. The van der Waals surface area contributed by atoms with Gasteiger partial charge in [0, 0.05) is 37.3 Å². The number of cyclic esters (lactones) is 1. The van der Waals surface area contributed by atoms with E-state index in [-0.39, 0.29) is 31.4 Å². The lowest BCUT2D eigenvalue weighted by Gasteiger charge is -2.49. The van der Waals surface area contributed by atoms with Gasteiger partial charge in [-0.3, -0.25) is 9.59 Å². The molecule has 5 N–H and O–H groups in total. The number of esters is 1. The van der Waals surface area contributed by atoms with Gasteiger partial charge in [0.25, 0.3) is 0 Å². The topological polar surface area (TPSA) is 194 Å². The Morgan fingerprint density at radius 1 is 0.882 bits per heavy atom. The second-order valence-electron chi connectivity index (χ2n) is 16.5. The Labute approximate surface area is 304 Å². The van der Waals surface area contributed by atoms with E-state index >= 15 is 0 Å². The number of methoxy groups -OCH3 is 1. The Balaban J connectivity index is 2.18. The third-order valence-corrected chi connectivity index (χ3v) is 11.8. The van der Waals surface area contributed by atoms with Gasteiger partial charge in [-0.15, -0.1) is 0 Å². The molecule has 298 valence electrons. The molecule has 14 nitrogen and oxygen atoms in total. The van der Waals surface area contributed by atoms with E-state index in [1.165, 1.54) is 27.9 Å². The third kappa shape index (κ3) is 9.51. The Hall–Kier alpha value is -1.30. The highest BCUT2D eigenvalue weighted by Crippen LogP contribution is 2.40. The molecule has 0 bridgehead atoms. The molecule has 3 saturated heterocycles. The Morgan fingerprint density at radius 2 is 1.49 bits per heavy atom. The van der Waals surface area contributed by atoms with E-state index in [1.807, 2.05) is 25.9 Å². The zero-order valence-electron chi connectivity index (χ0n) is 32.9. The maximum atomic E-state index is 14.1. The molecule has 14 heteroatoms. The van der Waals surface area contributed by atoms with Crippen LogP contribution in [0, 0.1) is 23.7 Å². The fourth-order valence-corrected chi connectivity index (χ4v) is 8.41. The number of aliphatic hydroxyl groups is 5. The van der Waals surface area contributed by atoms with Gasteiger partial charge in [-0.2, -0.15) is 0 Å². The first kappa shape index (κ1) is 44.1. The second kappa shape index (κ2) is 17.0. The zero-order chi connectivity index (χ0) is 39.0. The smallest absolute Gasteiger partial charge is 0.311 e. The van der Waals surface area contributed by atoms with Crippen molar-refractivity contribution in [2.45, 2.75) is 179 Å². The molecule has 3 aliphatic heterocycles. The highest BCUT2D eigenvalue weighted by Gasteiger charge is 2.53. The SMILES string of the molecule is CC[C@H]1OC(=O)[C@H](C)[C@@H](O[C@H]2C[C@@](C)(OC)[C@@H](O)[C@H](C)O2)[C@H](C)[C@@H](O[C@@H]2O[C@H](C)C[C@H](N(C)C)[C@H]2O)[C@@](C)(O)C[C@@H](C)C(=O)C(C)[C@@H](O)[C@]1(C)O. The summed E-state index contributed by atoms with van der Waals surface area (Å²) in [6, 6.07) is -0.324.